The highest BCUT2D eigenvalue weighted by atomic mass is 16.4. The Bertz CT molecular complexity index is 439. The quantitative estimate of drug-likeness (QED) is 0.872. The van der Waals surface area contributed by atoms with Crippen molar-refractivity contribution in [3.05, 3.63) is 35.9 Å². The molecule has 0 atom stereocenters. The van der Waals surface area contributed by atoms with E-state index in [0.717, 1.165) is 12.8 Å². The van der Waals surface area contributed by atoms with Gasteiger partial charge in [0.05, 0.1) is 0 Å². The lowest BCUT2D eigenvalue weighted by Gasteiger charge is -2.29. The molecule has 1 heterocycles. The van der Waals surface area contributed by atoms with E-state index in [4.69, 9.17) is 5.11 Å². The summed E-state index contributed by atoms with van der Waals surface area (Å²) in [6, 6.07) is 9.10. The minimum Gasteiger partial charge on any atom is -0.465 e. The smallest absolute Gasteiger partial charge is 0.407 e. The summed E-state index contributed by atoms with van der Waals surface area (Å²) < 4.78 is 0. The zero-order chi connectivity index (χ0) is 13.7. The van der Waals surface area contributed by atoms with Gasteiger partial charge in [-0.15, -0.1) is 0 Å². The number of carbonyl (C=O) groups is 2. The Morgan fingerprint density at radius 2 is 1.84 bits per heavy atom. The Morgan fingerprint density at radius 1 is 1.21 bits per heavy atom. The standard InChI is InChI=1S/C14H18N2O3/c17-13(12-4-2-1-3-5-12)15-10-11-6-8-16(9-7-11)14(18)19/h1-5,11H,6-10H2,(H,15,17)(H,18,19). The summed E-state index contributed by atoms with van der Waals surface area (Å²) in [6.07, 6.45) is 0.759. The van der Waals surface area contributed by atoms with Crippen LogP contribution in [0.5, 0.6) is 0 Å². The second kappa shape index (κ2) is 6.22. The molecule has 5 heteroatoms. The van der Waals surface area contributed by atoms with Crippen LogP contribution in [0.1, 0.15) is 23.2 Å². The summed E-state index contributed by atoms with van der Waals surface area (Å²) in [5, 5.41) is 11.8. The fourth-order valence-corrected chi connectivity index (χ4v) is 2.26. The van der Waals surface area contributed by atoms with Crippen LogP contribution in [-0.4, -0.2) is 41.6 Å². The molecule has 1 fully saturated rings. The summed E-state index contributed by atoms with van der Waals surface area (Å²) in [5.41, 5.74) is 0.658. The van der Waals surface area contributed by atoms with E-state index in [1.54, 1.807) is 12.1 Å². The zero-order valence-corrected chi connectivity index (χ0v) is 10.7. The second-order valence-corrected chi connectivity index (χ2v) is 4.79. The number of benzene rings is 1. The topological polar surface area (TPSA) is 69.6 Å². The lowest BCUT2D eigenvalue weighted by Crippen LogP contribution is -2.40. The van der Waals surface area contributed by atoms with Crippen molar-refractivity contribution in [3.8, 4) is 0 Å². The van der Waals surface area contributed by atoms with Gasteiger partial charge < -0.3 is 15.3 Å². The van der Waals surface area contributed by atoms with Crippen molar-refractivity contribution in [2.45, 2.75) is 12.8 Å². The van der Waals surface area contributed by atoms with Gasteiger partial charge in [0.2, 0.25) is 0 Å². The van der Waals surface area contributed by atoms with Gasteiger partial charge in [-0.2, -0.15) is 0 Å². The first-order valence-corrected chi connectivity index (χ1v) is 6.48. The predicted octanol–water partition coefficient (Wildman–Crippen LogP) is 1.81. The molecule has 0 spiro atoms. The van der Waals surface area contributed by atoms with Crippen molar-refractivity contribution < 1.29 is 14.7 Å². The number of piperidine rings is 1. The Morgan fingerprint density at radius 3 is 2.42 bits per heavy atom. The van der Waals surface area contributed by atoms with E-state index >= 15 is 0 Å². The number of carbonyl (C=O) groups excluding carboxylic acids is 1. The summed E-state index contributed by atoms with van der Waals surface area (Å²) in [4.78, 5) is 24.0. The van der Waals surface area contributed by atoms with Gasteiger partial charge in [0.1, 0.15) is 0 Å². The van der Waals surface area contributed by atoms with Gasteiger partial charge in [0.25, 0.3) is 5.91 Å². The van der Waals surface area contributed by atoms with E-state index < -0.39 is 6.09 Å². The highest BCUT2D eigenvalue weighted by Gasteiger charge is 2.22. The molecule has 0 saturated carbocycles. The van der Waals surface area contributed by atoms with Crippen molar-refractivity contribution in [2.75, 3.05) is 19.6 Å². The zero-order valence-electron chi connectivity index (χ0n) is 10.7. The maximum absolute atomic E-state index is 11.8. The lowest BCUT2D eigenvalue weighted by molar-refractivity contribution is 0.0928. The van der Waals surface area contributed by atoms with Crippen molar-refractivity contribution in [1.29, 1.82) is 0 Å². The van der Waals surface area contributed by atoms with Crippen LogP contribution >= 0.6 is 0 Å². The number of hydrogen-bond acceptors (Lipinski definition) is 2. The molecule has 0 aliphatic carbocycles. The predicted molar refractivity (Wildman–Crippen MR) is 71.1 cm³/mol. The molecular formula is C14H18N2O3. The molecule has 1 aliphatic rings. The van der Waals surface area contributed by atoms with E-state index in [2.05, 4.69) is 5.32 Å². The van der Waals surface area contributed by atoms with Gasteiger partial charge in [0.15, 0.2) is 0 Å². The van der Waals surface area contributed by atoms with Crippen molar-refractivity contribution in [2.24, 2.45) is 5.92 Å². The largest absolute Gasteiger partial charge is 0.465 e. The minimum absolute atomic E-state index is 0.0683. The highest BCUT2D eigenvalue weighted by Crippen LogP contribution is 2.16. The van der Waals surface area contributed by atoms with E-state index in [1.165, 1.54) is 4.90 Å². The third kappa shape index (κ3) is 3.71. The first-order chi connectivity index (χ1) is 9.16. The van der Waals surface area contributed by atoms with Crippen molar-refractivity contribution in [3.63, 3.8) is 0 Å². The van der Waals surface area contributed by atoms with E-state index in [9.17, 15) is 9.59 Å². The number of carboxylic acid groups (broad SMARTS) is 1. The number of rotatable bonds is 3. The summed E-state index contributed by atoms with van der Waals surface area (Å²) >= 11 is 0. The van der Waals surface area contributed by atoms with Crippen LogP contribution in [0.25, 0.3) is 0 Å². The Kier molecular flexibility index (Phi) is 4.39. The molecule has 2 N–H and O–H groups in total. The fraction of sp³-hybridized carbons (Fsp3) is 0.429. The van der Waals surface area contributed by atoms with Gasteiger partial charge in [0, 0.05) is 25.2 Å². The summed E-state index contributed by atoms with van der Waals surface area (Å²) in [6.45, 7) is 1.73. The van der Waals surface area contributed by atoms with Crippen LogP contribution in [0.15, 0.2) is 30.3 Å². The number of hydrogen-bond donors (Lipinski definition) is 2. The third-order valence-electron chi connectivity index (χ3n) is 3.47. The summed E-state index contributed by atoms with van der Waals surface area (Å²) in [5.74, 6) is 0.296. The van der Waals surface area contributed by atoms with Gasteiger partial charge in [-0.1, -0.05) is 18.2 Å². The molecule has 1 aliphatic heterocycles. The van der Waals surface area contributed by atoms with Crippen LogP contribution in [0, 0.1) is 5.92 Å². The lowest BCUT2D eigenvalue weighted by atomic mass is 9.97. The number of likely N-dealkylation sites (tertiary alicyclic amines) is 1. The van der Waals surface area contributed by atoms with E-state index in [0.29, 0.717) is 31.1 Å². The second-order valence-electron chi connectivity index (χ2n) is 4.79. The highest BCUT2D eigenvalue weighted by molar-refractivity contribution is 5.94. The van der Waals surface area contributed by atoms with Crippen LogP contribution < -0.4 is 5.32 Å². The molecule has 1 aromatic carbocycles. The average molecular weight is 262 g/mol. The minimum atomic E-state index is -0.855. The molecule has 102 valence electrons. The van der Waals surface area contributed by atoms with Crippen LogP contribution in [0.4, 0.5) is 4.79 Å². The SMILES string of the molecule is O=C(NCC1CCN(C(=O)O)CC1)c1ccccc1. The molecule has 0 unspecified atom stereocenters. The Balaban J connectivity index is 1.75. The molecule has 0 bridgehead atoms. The monoisotopic (exact) mass is 262 g/mol. The van der Waals surface area contributed by atoms with Crippen LogP contribution in [-0.2, 0) is 0 Å². The maximum Gasteiger partial charge on any atom is 0.407 e. The first-order valence-electron chi connectivity index (χ1n) is 6.48. The van der Waals surface area contributed by atoms with Gasteiger partial charge >= 0.3 is 6.09 Å². The molecule has 1 aromatic rings. The fourth-order valence-electron chi connectivity index (χ4n) is 2.26. The van der Waals surface area contributed by atoms with Gasteiger partial charge in [-0.05, 0) is 30.9 Å². The number of nitrogens with zero attached hydrogens (tertiary/aromatic N) is 1. The van der Waals surface area contributed by atoms with Crippen molar-refractivity contribution >= 4 is 12.0 Å². The Labute approximate surface area is 112 Å². The molecule has 19 heavy (non-hydrogen) atoms. The molecule has 5 nitrogen and oxygen atoms in total. The first kappa shape index (κ1) is 13.4. The normalized spacial score (nSPS) is 16.1. The van der Waals surface area contributed by atoms with E-state index in [1.807, 2.05) is 18.2 Å². The molecular weight excluding hydrogens is 244 g/mol. The van der Waals surface area contributed by atoms with Gasteiger partial charge in [-0.3, -0.25) is 4.79 Å². The maximum atomic E-state index is 11.8. The molecule has 2 rings (SSSR count). The van der Waals surface area contributed by atoms with Crippen LogP contribution in [0.3, 0.4) is 0 Å². The third-order valence-corrected chi connectivity index (χ3v) is 3.47. The van der Waals surface area contributed by atoms with Crippen LogP contribution in [0.2, 0.25) is 0 Å². The average Bonchev–Trinajstić information content (AvgIpc) is 2.46. The Hall–Kier alpha value is -2.04. The number of nitrogens with one attached hydrogen (secondary N) is 1. The van der Waals surface area contributed by atoms with E-state index in [-0.39, 0.29) is 5.91 Å². The van der Waals surface area contributed by atoms with Gasteiger partial charge in [-0.25, -0.2) is 4.79 Å². The number of amides is 2. The molecule has 1 saturated heterocycles. The van der Waals surface area contributed by atoms with Crippen molar-refractivity contribution in [1.82, 2.24) is 10.2 Å². The molecule has 0 aromatic heterocycles. The molecule has 2 amide bonds. The molecule has 0 radical (unpaired) electrons. The summed E-state index contributed by atoms with van der Waals surface area (Å²) in [7, 11) is 0.